The standard InChI is InChI=1S/2C21H14N.2ClH.Zr/c2*1-2-8-16-14-17(13-15(16)7-1)22-20-11-5-3-9-18(20)19-10-4-6-12-21(19)22;;;/h2*1-14H;2*1H;/q;;;;+2/p-2. The number of hydrogen-bond acceptors (Lipinski definition) is 0. The Balaban J connectivity index is 0.00000162. The molecule has 2 nitrogen and oxygen atoms in total. The van der Waals surface area contributed by atoms with Crippen LogP contribution in [0.2, 0.25) is 0 Å². The van der Waals surface area contributed by atoms with Crippen molar-refractivity contribution in [3.8, 4) is 0 Å². The minimum atomic E-state index is -1.24. The number of fused-ring (bicyclic) bond motifs is 8. The molecule has 8 aromatic rings. The molecule has 224 valence electrons. The summed E-state index contributed by atoms with van der Waals surface area (Å²) >= 11 is -1.24. The van der Waals surface area contributed by atoms with Crippen LogP contribution in [0, 0.1) is 0 Å². The van der Waals surface area contributed by atoms with Crippen LogP contribution in [-0.4, -0.2) is 9.13 Å². The van der Waals surface area contributed by atoms with Crippen molar-refractivity contribution in [2.75, 3.05) is 0 Å². The molecule has 2 atom stereocenters. The van der Waals surface area contributed by atoms with E-state index in [4.69, 9.17) is 0 Å². The molecule has 2 heterocycles. The van der Waals surface area contributed by atoms with Gasteiger partial charge in [-0.2, -0.15) is 0 Å². The van der Waals surface area contributed by atoms with Crippen LogP contribution in [0.25, 0.3) is 67.2 Å². The van der Waals surface area contributed by atoms with Gasteiger partial charge in [0.05, 0.1) is 0 Å². The molecule has 2 aliphatic carbocycles. The van der Waals surface area contributed by atoms with Crippen LogP contribution in [-0.2, 0) is 23.2 Å². The van der Waals surface area contributed by atoms with Gasteiger partial charge in [0.25, 0.3) is 0 Å². The fraction of sp³-hybridized carbons (Fsp3) is 0.0476. The molecule has 6 aromatic carbocycles. The number of benzene rings is 6. The van der Waals surface area contributed by atoms with E-state index < -0.39 is 23.2 Å². The maximum atomic E-state index is 2.58. The van der Waals surface area contributed by atoms with E-state index >= 15 is 0 Å². The third-order valence-corrected chi connectivity index (χ3v) is 14.4. The number of aromatic nitrogens is 2. The van der Waals surface area contributed by atoms with Gasteiger partial charge in [0.1, 0.15) is 0 Å². The number of allylic oxidation sites excluding steroid dienone is 2. The number of nitrogens with zero attached hydrogens (tertiary/aromatic N) is 2. The van der Waals surface area contributed by atoms with Gasteiger partial charge in [-0.05, 0) is 0 Å². The summed E-state index contributed by atoms with van der Waals surface area (Å²) in [4.78, 5) is 0. The SMILES string of the molecule is C1=C(n2c3ccccc3c3ccccc32)[CH]([Zr+2][CH]2C(n3c4ccccc4c4ccccc43)=Cc3ccccc32)c2ccccc21.[Cl-].[Cl-]. The molecule has 2 unspecified atom stereocenters. The smallest absolute Gasteiger partial charge is 1.00 e. The van der Waals surface area contributed by atoms with Gasteiger partial charge in [0, 0.05) is 0 Å². The Kier molecular flexibility index (Phi) is 7.61. The summed E-state index contributed by atoms with van der Waals surface area (Å²) in [6.45, 7) is 0. The number of rotatable bonds is 4. The normalized spacial score (nSPS) is 16.3. The van der Waals surface area contributed by atoms with Crippen molar-refractivity contribution in [3.05, 3.63) is 168 Å². The average Bonchev–Trinajstić information content (AvgIpc) is 3.83. The van der Waals surface area contributed by atoms with Crippen molar-refractivity contribution in [2.45, 2.75) is 7.25 Å². The molecule has 2 aliphatic rings. The zero-order valence-corrected chi connectivity index (χ0v) is 29.3. The summed E-state index contributed by atoms with van der Waals surface area (Å²) in [6.07, 6.45) is 4.98. The van der Waals surface area contributed by atoms with E-state index in [-0.39, 0.29) is 24.8 Å². The quantitative estimate of drug-likeness (QED) is 0.247. The van der Waals surface area contributed by atoms with Crippen molar-refractivity contribution < 1.29 is 48.0 Å². The van der Waals surface area contributed by atoms with E-state index in [0.717, 1.165) is 0 Å². The maximum Gasteiger partial charge on any atom is -1.00 e. The summed E-state index contributed by atoms with van der Waals surface area (Å²) in [5.41, 5.74) is 13.8. The predicted octanol–water partition coefficient (Wildman–Crippen LogP) is 4.80. The molecular formula is C42H28Cl2N2Zr. The van der Waals surface area contributed by atoms with Gasteiger partial charge in [-0.3, -0.25) is 0 Å². The first-order valence-electron chi connectivity index (χ1n) is 15.7. The molecule has 0 spiro atoms. The topological polar surface area (TPSA) is 9.86 Å². The van der Waals surface area contributed by atoms with Crippen LogP contribution in [0.5, 0.6) is 0 Å². The number of hydrogen-bond donors (Lipinski definition) is 0. The van der Waals surface area contributed by atoms with E-state index in [1.54, 1.807) is 0 Å². The molecule has 0 saturated carbocycles. The van der Waals surface area contributed by atoms with Crippen molar-refractivity contribution in [1.82, 2.24) is 9.13 Å². The largest absolute Gasteiger partial charge is 1.00 e. The third kappa shape index (κ3) is 4.48. The van der Waals surface area contributed by atoms with Crippen molar-refractivity contribution >= 4 is 67.2 Å². The molecule has 2 aromatic heterocycles. The van der Waals surface area contributed by atoms with Gasteiger partial charge in [-0.1, -0.05) is 0 Å². The van der Waals surface area contributed by atoms with Crippen LogP contribution in [0.1, 0.15) is 29.5 Å². The number of halogens is 2. The Bertz CT molecular complexity index is 2270. The number of para-hydroxylation sites is 4. The molecule has 0 radical (unpaired) electrons. The molecule has 0 amide bonds. The van der Waals surface area contributed by atoms with Gasteiger partial charge in [-0.25, -0.2) is 0 Å². The summed E-state index contributed by atoms with van der Waals surface area (Å²) in [6, 6.07) is 54.0. The summed E-state index contributed by atoms with van der Waals surface area (Å²) in [5, 5.41) is 5.30. The van der Waals surface area contributed by atoms with Gasteiger partial charge in [0.2, 0.25) is 0 Å². The van der Waals surface area contributed by atoms with E-state index in [1.165, 1.54) is 77.3 Å². The van der Waals surface area contributed by atoms with E-state index in [2.05, 4.69) is 167 Å². The minimum absolute atomic E-state index is 0. The first-order chi connectivity index (χ1) is 22.3. The van der Waals surface area contributed by atoms with Crippen molar-refractivity contribution in [2.24, 2.45) is 0 Å². The van der Waals surface area contributed by atoms with E-state index in [1.807, 2.05) is 0 Å². The molecule has 10 rings (SSSR count). The van der Waals surface area contributed by atoms with Crippen LogP contribution < -0.4 is 24.8 Å². The Labute approximate surface area is 297 Å². The van der Waals surface area contributed by atoms with Gasteiger partial charge < -0.3 is 24.8 Å². The summed E-state index contributed by atoms with van der Waals surface area (Å²) in [5.74, 6) is 0. The molecule has 0 saturated heterocycles. The van der Waals surface area contributed by atoms with Crippen LogP contribution in [0.3, 0.4) is 0 Å². The van der Waals surface area contributed by atoms with Gasteiger partial charge in [0.15, 0.2) is 0 Å². The molecule has 0 fully saturated rings. The van der Waals surface area contributed by atoms with Crippen molar-refractivity contribution in [1.29, 1.82) is 0 Å². The Hall–Kier alpha value is -4.14. The Morgan fingerprint density at radius 2 is 0.660 bits per heavy atom. The first-order valence-corrected chi connectivity index (χ1v) is 18.5. The second-order valence-electron chi connectivity index (χ2n) is 12.2. The average molecular weight is 723 g/mol. The van der Waals surface area contributed by atoms with Crippen LogP contribution in [0.4, 0.5) is 0 Å². The van der Waals surface area contributed by atoms with E-state index in [0.29, 0.717) is 7.25 Å². The molecule has 47 heavy (non-hydrogen) atoms. The predicted molar refractivity (Wildman–Crippen MR) is 186 cm³/mol. The van der Waals surface area contributed by atoms with Gasteiger partial charge >= 0.3 is 275 Å². The van der Waals surface area contributed by atoms with E-state index in [9.17, 15) is 0 Å². The fourth-order valence-electron chi connectivity index (χ4n) is 7.92. The van der Waals surface area contributed by atoms with Crippen LogP contribution in [0.15, 0.2) is 146 Å². The Morgan fingerprint density at radius 3 is 1.02 bits per heavy atom. The zero-order chi connectivity index (χ0) is 29.5. The second kappa shape index (κ2) is 11.8. The maximum absolute atomic E-state index is 2.58. The van der Waals surface area contributed by atoms with Crippen molar-refractivity contribution in [3.63, 3.8) is 0 Å². The minimum Gasteiger partial charge on any atom is -1.00 e. The molecule has 5 heteroatoms. The monoisotopic (exact) mass is 720 g/mol. The van der Waals surface area contributed by atoms with Crippen LogP contribution >= 0.6 is 0 Å². The molecule has 0 N–H and O–H groups in total. The molecule has 0 aliphatic heterocycles. The second-order valence-corrected chi connectivity index (χ2v) is 15.8. The summed E-state index contributed by atoms with van der Waals surface area (Å²) in [7, 11) is 0. The first kappa shape index (κ1) is 30.2. The fourth-order valence-corrected chi connectivity index (χ4v) is 12.8. The molecular weight excluding hydrogens is 695 g/mol. The Morgan fingerprint density at radius 1 is 0.362 bits per heavy atom. The van der Waals surface area contributed by atoms with Gasteiger partial charge in [-0.15, -0.1) is 0 Å². The molecule has 0 bridgehead atoms. The summed E-state index contributed by atoms with van der Waals surface area (Å²) < 4.78 is 5.97. The zero-order valence-electron chi connectivity index (χ0n) is 25.3. The third-order valence-electron chi connectivity index (χ3n) is 9.82.